The van der Waals surface area contributed by atoms with E-state index in [0.29, 0.717) is 11.3 Å². The minimum Gasteiger partial charge on any atom is -0.497 e. The van der Waals surface area contributed by atoms with Crippen molar-refractivity contribution in [1.29, 1.82) is 5.41 Å². The smallest absolute Gasteiger partial charge is 0.490 e. The number of aromatic carboxylic acids is 1. The van der Waals surface area contributed by atoms with Crippen LogP contribution in [0, 0.1) is 5.41 Å². The molecule has 11 nitrogen and oxygen atoms in total. The molecule has 0 aliphatic rings. The summed E-state index contributed by atoms with van der Waals surface area (Å²) in [6, 6.07) is 13.8. The van der Waals surface area contributed by atoms with E-state index in [0.717, 1.165) is 12.1 Å². The summed E-state index contributed by atoms with van der Waals surface area (Å²) >= 11 is 0. The zero-order chi connectivity index (χ0) is 28.8. The number of carboxylic acid groups (broad SMARTS) is 2. The normalized spacial score (nSPS) is 11.1. The Hall–Kier alpha value is -4.79. The minimum absolute atomic E-state index is 0.0440. The molecule has 15 heteroatoms. The molecule has 0 heterocycles. The maximum atomic E-state index is 13.0. The first-order valence-corrected chi connectivity index (χ1v) is 11.5. The second-order valence-corrected chi connectivity index (χ2v) is 9.17. The van der Waals surface area contributed by atoms with Crippen LogP contribution < -0.4 is 20.9 Å². The van der Waals surface area contributed by atoms with Gasteiger partial charge in [-0.05, 0) is 60.7 Å². The minimum atomic E-state index is -5.08. The van der Waals surface area contributed by atoms with E-state index in [1.165, 1.54) is 55.6 Å². The van der Waals surface area contributed by atoms with Gasteiger partial charge in [-0.25, -0.2) is 18.0 Å². The predicted molar refractivity (Wildman–Crippen MR) is 127 cm³/mol. The zero-order valence-corrected chi connectivity index (χ0v) is 20.1. The number of hydrogen-bond donors (Lipinski definition) is 5. The summed E-state index contributed by atoms with van der Waals surface area (Å²) in [5.74, 6) is -3.78. The number of benzene rings is 3. The average molecular weight is 555 g/mol. The summed E-state index contributed by atoms with van der Waals surface area (Å²) in [4.78, 5) is 20.4. The van der Waals surface area contributed by atoms with Gasteiger partial charge in [-0.15, -0.1) is 0 Å². The summed E-state index contributed by atoms with van der Waals surface area (Å²) < 4.78 is 68.3. The standard InChI is InChI=1S/C21H19N3O6S.C2HF3O2/c1-29-13-6-8-15(9-7-13)31(27,28)16-10-17(21(25)26)19(18(22)11-16)30-14-4-2-12(3-5-14)20(23)24;3-2(4,5)1(6)7/h2-11H,22H2,1H3,(H3,23,24)(H,25,26);(H,6,7). The lowest BCUT2D eigenvalue weighted by Crippen LogP contribution is -2.21. The molecule has 0 spiro atoms. The van der Waals surface area contributed by atoms with Gasteiger partial charge in [0.2, 0.25) is 9.84 Å². The molecule has 0 amide bonds. The molecular formula is C23H20F3N3O8S. The quantitative estimate of drug-likeness (QED) is 0.163. The van der Waals surface area contributed by atoms with Crippen molar-refractivity contribution in [3.8, 4) is 17.2 Å². The van der Waals surface area contributed by atoms with Crippen molar-refractivity contribution in [2.45, 2.75) is 16.0 Å². The van der Waals surface area contributed by atoms with Crippen molar-refractivity contribution in [1.82, 2.24) is 0 Å². The number of carboxylic acids is 2. The Bertz CT molecular complexity index is 1460. The number of rotatable bonds is 7. The number of methoxy groups -OCH3 is 1. The number of hydrogen-bond acceptors (Lipinski definition) is 8. The highest BCUT2D eigenvalue weighted by atomic mass is 32.2. The van der Waals surface area contributed by atoms with Gasteiger partial charge in [0.05, 0.1) is 22.6 Å². The summed E-state index contributed by atoms with van der Waals surface area (Å²) in [6.07, 6.45) is -5.08. The first-order valence-electron chi connectivity index (χ1n) is 10.1. The van der Waals surface area contributed by atoms with E-state index in [2.05, 4.69) is 0 Å². The third-order valence-corrected chi connectivity index (χ3v) is 6.38. The van der Waals surface area contributed by atoms with Gasteiger partial charge < -0.3 is 31.2 Å². The van der Waals surface area contributed by atoms with Gasteiger partial charge in [-0.3, -0.25) is 5.41 Å². The lowest BCUT2D eigenvalue weighted by molar-refractivity contribution is -0.192. The van der Waals surface area contributed by atoms with Crippen molar-refractivity contribution in [3.05, 3.63) is 71.8 Å². The van der Waals surface area contributed by atoms with Gasteiger partial charge in [-0.1, -0.05) is 0 Å². The summed E-state index contributed by atoms with van der Waals surface area (Å²) in [5.41, 5.74) is 11.3. The van der Waals surface area contributed by atoms with Gasteiger partial charge in [-0.2, -0.15) is 13.2 Å². The molecule has 38 heavy (non-hydrogen) atoms. The Balaban J connectivity index is 0.000000638. The van der Waals surface area contributed by atoms with E-state index in [-0.39, 0.29) is 32.8 Å². The molecule has 0 fully saturated rings. The lowest BCUT2D eigenvalue weighted by Gasteiger charge is -2.14. The molecule has 0 radical (unpaired) electrons. The van der Waals surface area contributed by atoms with Crippen LogP contribution in [0.3, 0.4) is 0 Å². The Morgan fingerprint density at radius 2 is 1.42 bits per heavy atom. The van der Waals surface area contributed by atoms with Crippen LogP contribution in [0.1, 0.15) is 15.9 Å². The van der Waals surface area contributed by atoms with Crippen molar-refractivity contribution >= 4 is 33.3 Å². The summed E-state index contributed by atoms with van der Waals surface area (Å²) in [5, 5.41) is 24.2. The molecule has 3 aromatic rings. The number of aliphatic carboxylic acids is 1. The molecule has 0 unspecified atom stereocenters. The number of anilines is 1. The molecule has 0 saturated heterocycles. The van der Waals surface area contributed by atoms with Crippen LogP contribution in [0.4, 0.5) is 18.9 Å². The van der Waals surface area contributed by atoms with E-state index in [1.807, 2.05) is 0 Å². The number of nitrogen functional groups attached to an aromatic ring is 2. The summed E-state index contributed by atoms with van der Waals surface area (Å²) in [7, 11) is -2.59. The van der Waals surface area contributed by atoms with Crippen LogP contribution in [-0.4, -0.2) is 49.7 Å². The highest BCUT2D eigenvalue weighted by Gasteiger charge is 2.38. The molecule has 202 valence electrons. The monoisotopic (exact) mass is 555 g/mol. The Kier molecular flexibility index (Phi) is 8.92. The van der Waals surface area contributed by atoms with E-state index >= 15 is 0 Å². The van der Waals surface area contributed by atoms with Crippen molar-refractivity contribution < 1.29 is 50.9 Å². The van der Waals surface area contributed by atoms with Crippen molar-refractivity contribution in [2.75, 3.05) is 12.8 Å². The number of ether oxygens (including phenoxy) is 2. The molecule has 3 aromatic carbocycles. The number of halogens is 3. The number of carbonyl (C=O) groups is 2. The molecule has 7 N–H and O–H groups in total. The number of sulfone groups is 1. The molecule has 0 atom stereocenters. The van der Waals surface area contributed by atoms with Gasteiger partial charge in [0.1, 0.15) is 22.9 Å². The number of amidine groups is 1. The zero-order valence-electron chi connectivity index (χ0n) is 19.3. The number of nitrogens with two attached hydrogens (primary N) is 2. The second-order valence-electron chi connectivity index (χ2n) is 7.22. The average Bonchev–Trinajstić information content (AvgIpc) is 2.85. The highest BCUT2D eigenvalue weighted by molar-refractivity contribution is 7.91. The van der Waals surface area contributed by atoms with Gasteiger partial charge in [0.25, 0.3) is 0 Å². The van der Waals surface area contributed by atoms with Gasteiger partial charge in [0, 0.05) is 5.56 Å². The van der Waals surface area contributed by atoms with Crippen LogP contribution in [0.2, 0.25) is 0 Å². The van der Waals surface area contributed by atoms with E-state index in [4.69, 9.17) is 36.3 Å². The topological polar surface area (TPSA) is 203 Å². The first kappa shape index (κ1) is 29.4. The van der Waals surface area contributed by atoms with E-state index in [9.17, 15) is 31.5 Å². The molecule has 0 saturated carbocycles. The van der Waals surface area contributed by atoms with Crippen molar-refractivity contribution in [2.24, 2.45) is 5.73 Å². The SMILES string of the molecule is COc1ccc(S(=O)(=O)c2cc(N)c(Oc3ccc(C(=N)N)cc3)c(C(=O)O)c2)cc1.O=C(O)C(F)(F)F. The van der Waals surface area contributed by atoms with E-state index in [1.54, 1.807) is 0 Å². The van der Waals surface area contributed by atoms with Crippen LogP contribution >= 0.6 is 0 Å². The third kappa shape index (κ3) is 7.13. The number of alkyl halides is 3. The molecular weight excluding hydrogens is 535 g/mol. The highest BCUT2D eigenvalue weighted by Crippen LogP contribution is 2.36. The van der Waals surface area contributed by atoms with Crippen LogP contribution in [0.25, 0.3) is 0 Å². The maximum Gasteiger partial charge on any atom is 0.490 e. The fourth-order valence-corrected chi connectivity index (χ4v) is 4.08. The summed E-state index contributed by atoms with van der Waals surface area (Å²) in [6.45, 7) is 0. The third-order valence-electron chi connectivity index (χ3n) is 4.63. The Morgan fingerprint density at radius 1 is 0.921 bits per heavy atom. The van der Waals surface area contributed by atoms with Gasteiger partial charge >= 0.3 is 18.1 Å². The van der Waals surface area contributed by atoms with Crippen LogP contribution in [0.5, 0.6) is 17.2 Å². The Labute approximate surface area is 213 Å². The molecule has 0 aromatic heterocycles. The fraction of sp³-hybridized carbons (Fsp3) is 0.0870. The van der Waals surface area contributed by atoms with Crippen LogP contribution in [0.15, 0.2) is 70.5 Å². The second kappa shape index (κ2) is 11.5. The van der Waals surface area contributed by atoms with Crippen LogP contribution in [-0.2, 0) is 14.6 Å². The lowest BCUT2D eigenvalue weighted by atomic mass is 10.1. The van der Waals surface area contributed by atoms with Gasteiger partial charge in [0.15, 0.2) is 5.75 Å². The molecule has 0 aliphatic heterocycles. The molecule has 0 bridgehead atoms. The Morgan fingerprint density at radius 3 is 1.84 bits per heavy atom. The van der Waals surface area contributed by atoms with Crippen molar-refractivity contribution in [3.63, 3.8) is 0 Å². The fourth-order valence-electron chi connectivity index (χ4n) is 2.76. The largest absolute Gasteiger partial charge is 0.497 e. The first-order chi connectivity index (χ1) is 17.6. The molecule has 0 aliphatic carbocycles. The predicted octanol–water partition coefficient (Wildman–Crippen LogP) is 3.52. The molecule has 3 rings (SSSR count). The number of nitrogens with one attached hydrogen (secondary N) is 1. The van der Waals surface area contributed by atoms with E-state index < -0.39 is 33.5 Å². The maximum absolute atomic E-state index is 13.0.